The van der Waals surface area contributed by atoms with Gasteiger partial charge < -0.3 is 19.4 Å². The van der Waals surface area contributed by atoms with Gasteiger partial charge in [0.2, 0.25) is 5.69 Å². The second-order valence-electron chi connectivity index (χ2n) is 7.31. The summed E-state index contributed by atoms with van der Waals surface area (Å²) < 4.78 is 21.2. The van der Waals surface area contributed by atoms with Crippen LogP contribution in [0.15, 0.2) is 53.2 Å². The van der Waals surface area contributed by atoms with E-state index >= 15 is 0 Å². The molecule has 2 aromatic heterocycles. The van der Waals surface area contributed by atoms with E-state index in [1.165, 1.54) is 20.3 Å². The number of ketones is 1. The third kappa shape index (κ3) is 4.27. The number of methoxy groups -OCH3 is 2. The van der Waals surface area contributed by atoms with Gasteiger partial charge in [-0.25, -0.2) is 4.98 Å². The minimum atomic E-state index is -0.169. The Bertz CT molecular complexity index is 1380. The van der Waals surface area contributed by atoms with Crippen molar-refractivity contribution in [1.82, 2.24) is 10.1 Å². The number of nitrogens with zero attached hydrogens (tertiary/aromatic N) is 3. The number of hydrogen-bond donors (Lipinski definition) is 0. The number of benzene rings is 2. The van der Waals surface area contributed by atoms with Crippen molar-refractivity contribution in [2.75, 3.05) is 20.8 Å². The fourth-order valence-corrected chi connectivity index (χ4v) is 3.57. The summed E-state index contributed by atoms with van der Waals surface area (Å²) in [7, 11) is 3.06. The summed E-state index contributed by atoms with van der Waals surface area (Å²) in [5.41, 5.74) is 2.74. The van der Waals surface area contributed by atoms with E-state index in [0.29, 0.717) is 62.2 Å². The van der Waals surface area contributed by atoms with Crippen LogP contribution in [0.1, 0.15) is 28.7 Å². The van der Waals surface area contributed by atoms with E-state index in [0.717, 1.165) is 0 Å². The molecule has 0 aliphatic heterocycles. The van der Waals surface area contributed by atoms with Crippen LogP contribution >= 0.6 is 0 Å². The van der Waals surface area contributed by atoms with Crippen LogP contribution in [-0.2, 0) is 0 Å². The topological polar surface area (TPSA) is 111 Å². The summed E-state index contributed by atoms with van der Waals surface area (Å²) in [6.45, 7) is 4.06. The van der Waals surface area contributed by atoms with Crippen molar-refractivity contribution in [1.29, 1.82) is 0 Å². The molecule has 9 nitrogen and oxygen atoms in total. The Morgan fingerprint density at radius 2 is 1.91 bits per heavy atom. The first-order valence-corrected chi connectivity index (χ1v) is 10.5. The van der Waals surface area contributed by atoms with Crippen molar-refractivity contribution < 1.29 is 28.5 Å². The Hall–Kier alpha value is -4.40. The molecule has 0 amide bonds. The second-order valence-corrected chi connectivity index (χ2v) is 7.31. The third-order valence-corrected chi connectivity index (χ3v) is 5.27. The zero-order chi connectivity index (χ0) is 24.2. The Balaban J connectivity index is 1.75. The molecule has 0 spiro atoms. The number of carbonyl (C=O) groups excluding carboxylic acids is 1. The third-order valence-electron chi connectivity index (χ3n) is 5.27. The van der Waals surface area contributed by atoms with Gasteiger partial charge in [0, 0.05) is 23.0 Å². The number of allylic oxidation sites excluding steroid dienone is 1. The maximum Gasteiger partial charge on any atom is 0.253 e. The van der Waals surface area contributed by atoms with E-state index in [2.05, 4.69) is 5.16 Å². The normalized spacial score (nSPS) is 11.2. The predicted molar refractivity (Wildman–Crippen MR) is 125 cm³/mol. The number of aromatic nitrogens is 3. The SMILES string of the molecule is CCOc1ccc(C(=O)/C=C/c2ccc3c(OC)c(OC)cc(-c4no[n+]([O-])c4C)c3n2)cc1. The van der Waals surface area contributed by atoms with Gasteiger partial charge in [-0.15, -0.1) is 0 Å². The quantitative estimate of drug-likeness (QED) is 0.219. The minimum absolute atomic E-state index is 0.169. The van der Waals surface area contributed by atoms with Gasteiger partial charge in [0.1, 0.15) is 5.75 Å². The Morgan fingerprint density at radius 3 is 2.53 bits per heavy atom. The molecule has 0 fully saturated rings. The van der Waals surface area contributed by atoms with Crippen LogP contribution in [0, 0.1) is 12.1 Å². The zero-order valence-electron chi connectivity index (χ0n) is 19.2. The summed E-state index contributed by atoms with van der Waals surface area (Å²) in [5.74, 6) is 1.49. The average Bonchev–Trinajstić information content (AvgIpc) is 3.19. The zero-order valence-corrected chi connectivity index (χ0v) is 19.2. The van der Waals surface area contributed by atoms with Gasteiger partial charge in [-0.2, -0.15) is 0 Å². The monoisotopic (exact) mass is 461 g/mol. The van der Waals surface area contributed by atoms with Gasteiger partial charge in [0.15, 0.2) is 17.3 Å². The molecule has 0 unspecified atom stereocenters. The van der Waals surface area contributed by atoms with Crippen LogP contribution in [0.5, 0.6) is 17.2 Å². The average molecular weight is 461 g/mol. The molecule has 2 aromatic carbocycles. The summed E-state index contributed by atoms with van der Waals surface area (Å²) in [6, 6.07) is 12.2. The van der Waals surface area contributed by atoms with Gasteiger partial charge in [-0.3, -0.25) is 9.42 Å². The standard InChI is InChI=1S/C25H23N3O6/c1-5-33-18-10-6-16(7-11-18)21(29)13-9-17-8-12-19-24(26-17)20(14-22(31-3)25(19)32-4)23-15(2)28(30)34-27-23/h6-14H,5H2,1-4H3/b13-9+. The number of carbonyl (C=O) groups is 1. The van der Waals surface area contributed by atoms with Crippen molar-refractivity contribution in [3.63, 3.8) is 0 Å². The number of ether oxygens (including phenoxy) is 3. The fraction of sp³-hybridized carbons (Fsp3) is 0.200. The molecule has 174 valence electrons. The fourth-order valence-electron chi connectivity index (χ4n) is 3.57. The van der Waals surface area contributed by atoms with Crippen molar-refractivity contribution in [3.8, 4) is 28.5 Å². The molecule has 0 aliphatic rings. The molecule has 2 heterocycles. The van der Waals surface area contributed by atoms with Crippen LogP contribution in [0.4, 0.5) is 0 Å². The number of hydrogen-bond acceptors (Lipinski definition) is 8. The molecule has 4 rings (SSSR count). The Morgan fingerprint density at radius 1 is 1.15 bits per heavy atom. The molecule has 0 saturated heterocycles. The van der Waals surface area contributed by atoms with Crippen molar-refractivity contribution in [3.05, 3.63) is 70.7 Å². The highest BCUT2D eigenvalue weighted by Crippen LogP contribution is 2.41. The second kappa shape index (κ2) is 9.62. The van der Waals surface area contributed by atoms with Crippen molar-refractivity contribution in [2.45, 2.75) is 13.8 Å². The molecular weight excluding hydrogens is 438 g/mol. The predicted octanol–water partition coefficient (Wildman–Crippen LogP) is 4.14. The van der Waals surface area contributed by atoms with Crippen LogP contribution in [0.25, 0.3) is 28.2 Å². The molecule has 0 saturated carbocycles. The minimum Gasteiger partial charge on any atom is -0.494 e. The maximum atomic E-state index is 12.6. The molecule has 0 atom stereocenters. The van der Waals surface area contributed by atoms with E-state index in [9.17, 15) is 10.0 Å². The molecule has 9 heteroatoms. The van der Waals surface area contributed by atoms with Crippen LogP contribution in [0.3, 0.4) is 0 Å². The molecular formula is C25H23N3O6. The van der Waals surface area contributed by atoms with Crippen molar-refractivity contribution >= 4 is 22.8 Å². The lowest BCUT2D eigenvalue weighted by Gasteiger charge is -2.13. The van der Waals surface area contributed by atoms with E-state index in [4.69, 9.17) is 23.8 Å². The Kier molecular flexibility index (Phi) is 6.44. The van der Waals surface area contributed by atoms with E-state index < -0.39 is 0 Å². The maximum absolute atomic E-state index is 12.6. The molecule has 0 N–H and O–H groups in total. The van der Waals surface area contributed by atoms with E-state index in [1.54, 1.807) is 49.4 Å². The smallest absolute Gasteiger partial charge is 0.253 e. The molecule has 0 radical (unpaired) electrons. The number of pyridine rings is 1. The van der Waals surface area contributed by atoms with Crippen LogP contribution in [0.2, 0.25) is 0 Å². The van der Waals surface area contributed by atoms with Crippen LogP contribution < -0.4 is 19.1 Å². The summed E-state index contributed by atoms with van der Waals surface area (Å²) in [5, 5.41) is 16.4. The van der Waals surface area contributed by atoms with Gasteiger partial charge in [-0.05, 0) is 66.4 Å². The van der Waals surface area contributed by atoms with E-state index in [-0.39, 0.29) is 11.5 Å². The number of rotatable bonds is 8. The van der Waals surface area contributed by atoms with Gasteiger partial charge >= 0.3 is 0 Å². The first-order valence-electron chi connectivity index (χ1n) is 10.5. The highest BCUT2D eigenvalue weighted by Gasteiger charge is 2.24. The van der Waals surface area contributed by atoms with Gasteiger partial charge in [0.05, 0.1) is 37.6 Å². The lowest BCUT2D eigenvalue weighted by Crippen LogP contribution is -2.25. The van der Waals surface area contributed by atoms with Gasteiger partial charge in [0.25, 0.3) is 5.69 Å². The molecule has 34 heavy (non-hydrogen) atoms. The van der Waals surface area contributed by atoms with E-state index in [1.807, 2.05) is 13.0 Å². The first-order chi connectivity index (χ1) is 16.5. The summed E-state index contributed by atoms with van der Waals surface area (Å²) >= 11 is 0. The Labute approximate surface area is 195 Å². The lowest BCUT2D eigenvalue weighted by molar-refractivity contribution is -0.806. The van der Waals surface area contributed by atoms with Crippen LogP contribution in [-0.4, -0.2) is 36.8 Å². The van der Waals surface area contributed by atoms with Gasteiger partial charge in [-0.1, -0.05) is 0 Å². The molecule has 0 aliphatic carbocycles. The lowest BCUT2D eigenvalue weighted by atomic mass is 10.0. The summed E-state index contributed by atoms with van der Waals surface area (Å²) in [4.78, 5) is 17.7. The highest BCUT2D eigenvalue weighted by atomic mass is 16.8. The number of fused-ring (bicyclic) bond motifs is 1. The summed E-state index contributed by atoms with van der Waals surface area (Å²) in [6.07, 6.45) is 3.08. The first kappa shape index (κ1) is 22.8. The highest BCUT2D eigenvalue weighted by molar-refractivity contribution is 6.07. The van der Waals surface area contributed by atoms with Crippen molar-refractivity contribution in [2.24, 2.45) is 0 Å². The molecule has 0 bridgehead atoms. The molecule has 4 aromatic rings. The largest absolute Gasteiger partial charge is 0.494 e.